The van der Waals surface area contributed by atoms with Crippen molar-refractivity contribution in [2.75, 3.05) is 73.0 Å². The van der Waals surface area contributed by atoms with Crippen LogP contribution in [-0.2, 0) is 41.0 Å². The Kier molecular flexibility index (Phi) is 27.9. The molecule has 2 unspecified atom stereocenters. The Morgan fingerprint density at radius 2 is 1.65 bits per heavy atom. The summed E-state index contributed by atoms with van der Waals surface area (Å²) in [6.07, 6.45) is 6.74. The first-order valence-corrected chi connectivity index (χ1v) is 25.8. The number of ether oxygens (including phenoxy) is 3. The summed E-state index contributed by atoms with van der Waals surface area (Å²) in [5.74, 6) is -0.111. The minimum atomic E-state index is -4.35. The van der Waals surface area contributed by atoms with Gasteiger partial charge in [0, 0.05) is 12.7 Å². The quantitative estimate of drug-likeness (QED) is 0.0178. The van der Waals surface area contributed by atoms with Crippen LogP contribution in [-0.4, -0.2) is 101 Å². The zero-order valence-corrected chi connectivity index (χ0v) is 42.2. The summed E-state index contributed by atoms with van der Waals surface area (Å²) in [6.45, 7) is 8.65. The molecule has 1 aliphatic rings. The first-order valence-electron chi connectivity index (χ1n) is 19.8. The Morgan fingerprint density at radius 1 is 1.05 bits per heavy atom. The second-order valence-electron chi connectivity index (χ2n) is 14.0. The lowest BCUT2D eigenvalue weighted by atomic mass is 10.0. The highest BCUT2D eigenvalue weighted by molar-refractivity contribution is 7.94. The van der Waals surface area contributed by atoms with Crippen molar-refractivity contribution in [2.45, 2.75) is 45.0 Å². The fourth-order valence-corrected chi connectivity index (χ4v) is 6.32. The summed E-state index contributed by atoms with van der Waals surface area (Å²) >= 11 is 22.9. The molecule has 23 heteroatoms. The summed E-state index contributed by atoms with van der Waals surface area (Å²) in [5, 5.41) is 20.7. The van der Waals surface area contributed by atoms with Crippen LogP contribution in [0.15, 0.2) is 84.9 Å². The number of para-hydroxylation sites is 4. The van der Waals surface area contributed by atoms with Crippen LogP contribution in [0.1, 0.15) is 31.9 Å². The van der Waals surface area contributed by atoms with Gasteiger partial charge in [0.2, 0.25) is 5.91 Å². The van der Waals surface area contributed by atoms with E-state index in [9.17, 15) is 34.0 Å². The van der Waals surface area contributed by atoms with E-state index in [2.05, 4.69) is 25.7 Å². The molecule has 0 bridgehead atoms. The minimum Gasteiger partial charge on any atom is -0.778 e. The molecule has 0 saturated heterocycles. The number of carboxylic acid groups (broad SMARTS) is 1. The molecule has 364 valence electrons. The number of hydrogen-bond acceptors (Lipinski definition) is 12. The number of carboxylic acids is 1. The van der Waals surface area contributed by atoms with Crippen molar-refractivity contribution >= 4 is 105 Å². The van der Waals surface area contributed by atoms with Crippen molar-refractivity contribution < 1.29 is 53.0 Å². The fourth-order valence-electron chi connectivity index (χ4n) is 5.37. The van der Waals surface area contributed by atoms with E-state index in [1.165, 1.54) is 12.1 Å². The Morgan fingerprint density at radius 3 is 2.18 bits per heavy atom. The summed E-state index contributed by atoms with van der Waals surface area (Å²) in [6, 6.07) is 24.9. The number of nitro benzene ring substituents is 1. The Balaban J connectivity index is 0.000000436. The van der Waals surface area contributed by atoms with Crippen molar-refractivity contribution in [2.24, 2.45) is 0 Å². The second kappa shape index (κ2) is 30.9. The van der Waals surface area contributed by atoms with E-state index in [1.54, 1.807) is 34.1 Å². The first kappa shape index (κ1) is 59.7. The SMILES string of the molecule is CC1COc2ccccc2N1C(=O)C(Cl)Cl.CCOCN(C(=O)CCl)c1c(C)cccc1CC.C[S+](C)C.Nc1c([N+](=O)[O-])ccc(Oc2ccccc2)c1Cl.O=C(O)CNCP(=O)([O-])O. The molecule has 2 atom stereocenters. The third-order valence-electron chi connectivity index (χ3n) is 8.16. The van der Waals surface area contributed by atoms with E-state index < -0.39 is 36.2 Å². The molecule has 0 aliphatic carbocycles. The molecule has 5 rings (SSSR count). The first-order chi connectivity index (χ1) is 31.0. The van der Waals surface area contributed by atoms with Gasteiger partial charge in [0.1, 0.15) is 54.8 Å². The number of aliphatic carboxylic acids is 1. The molecule has 2 amide bonds. The number of hydrogen-bond donors (Lipinski definition) is 4. The smallest absolute Gasteiger partial charge is 0.317 e. The predicted molar refractivity (Wildman–Crippen MR) is 264 cm³/mol. The number of benzene rings is 4. The van der Waals surface area contributed by atoms with Crippen LogP contribution in [0.3, 0.4) is 0 Å². The Bertz CT molecular complexity index is 2210. The van der Waals surface area contributed by atoms with Crippen molar-refractivity contribution in [3.8, 4) is 17.2 Å². The molecule has 0 saturated carbocycles. The highest BCUT2D eigenvalue weighted by Gasteiger charge is 2.32. The highest BCUT2D eigenvalue weighted by atomic mass is 35.5. The number of rotatable bonds is 14. The number of carbonyl (C=O) groups excluding carboxylic acids is 2. The van der Waals surface area contributed by atoms with Gasteiger partial charge >= 0.3 is 5.97 Å². The van der Waals surface area contributed by atoms with E-state index in [0.29, 0.717) is 35.6 Å². The zero-order valence-electron chi connectivity index (χ0n) is 37.5. The number of halogens is 4. The molecule has 1 aliphatic heterocycles. The van der Waals surface area contributed by atoms with Crippen molar-refractivity contribution in [1.82, 2.24) is 5.32 Å². The van der Waals surface area contributed by atoms with Gasteiger partial charge < -0.3 is 44.3 Å². The maximum absolute atomic E-state index is 12.0. The summed E-state index contributed by atoms with van der Waals surface area (Å²) in [4.78, 5) is 63.8. The number of anilines is 3. The number of nitrogens with one attached hydrogen (secondary N) is 1. The number of amides is 2. The second-order valence-corrected chi connectivity index (χ2v) is 19.8. The van der Waals surface area contributed by atoms with E-state index >= 15 is 0 Å². The number of alkyl halides is 3. The number of nitro groups is 1. The van der Waals surface area contributed by atoms with Crippen molar-refractivity contribution in [1.29, 1.82) is 0 Å². The van der Waals surface area contributed by atoms with Gasteiger partial charge in [-0.2, -0.15) is 0 Å². The van der Waals surface area contributed by atoms with E-state index in [0.717, 1.165) is 28.9 Å². The normalized spacial score (nSPS) is 13.3. The third-order valence-corrected chi connectivity index (χ3v) is 9.77. The minimum absolute atomic E-state index is 0.0352. The molecule has 1 heterocycles. The van der Waals surface area contributed by atoms with Gasteiger partial charge in [0.25, 0.3) is 11.6 Å². The van der Waals surface area contributed by atoms with E-state index in [4.69, 9.17) is 76.3 Å². The molecule has 0 radical (unpaired) electrons. The fraction of sp³-hybridized carbons (Fsp3) is 0.372. The highest BCUT2D eigenvalue weighted by Crippen LogP contribution is 2.39. The van der Waals surface area contributed by atoms with Gasteiger partial charge in [-0.15, -0.1) is 11.6 Å². The Hall–Kier alpha value is -4.33. The predicted octanol–water partition coefficient (Wildman–Crippen LogP) is 8.01. The van der Waals surface area contributed by atoms with Crippen LogP contribution in [0.5, 0.6) is 17.2 Å². The van der Waals surface area contributed by atoms with Gasteiger partial charge in [-0.05, 0) is 79.5 Å². The van der Waals surface area contributed by atoms with E-state index in [-0.39, 0.29) is 52.6 Å². The molecule has 17 nitrogen and oxygen atoms in total. The summed E-state index contributed by atoms with van der Waals surface area (Å²) < 4.78 is 26.3. The van der Waals surface area contributed by atoms with Crippen LogP contribution < -0.4 is 35.2 Å². The number of aryl methyl sites for hydroxylation is 2. The molecule has 4 aromatic rings. The average Bonchev–Trinajstić information content (AvgIpc) is 3.25. The topological polar surface area (TPSA) is 247 Å². The monoisotopic (exact) mass is 1040 g/mol. The third kappa shape index (κ3) is 21.5. The molecular formula is C43H56Cl4N5O12PS. The van der Waals surface area contributed by atoms with Gasteiger partial charge in [-0.1, -0.05) is 90.3 Å². The zero-order chi connectivity index (χ0) is 50.1. The van der Waals surface area contributed by atoms with Gasteiger partial charge in [-0.25, -0.2) is 0 Å². The number of carbonyl (C=O) groups is 3. The molecule has 4 aromatic carbocycles. The number of nitrogen functional groups attached to an aromatic ring is 1. The Labute approximate surface area is 408 Å². The summed E-state index contributed by atoms with van der Waals surface area (Å²) in [7, 11) is -3.71. The van der Waals surface area contributed by atoms with Crippen LogP contribution >= 0.6 is 54.0 Å². The van der Waals surface area contributed by atoms with Gasteiger partial charge in [-0.3, -0.25) is 34.7 Å². The maximum Gasteiger partial charge on any atom is 0.317 e. The molecular weight excluding hydrogens is 983 g/mol. The molecule has 0 aromatic heterocycles. The van der Waals surface area contributed by atoms with E-state index in [1.807, 2.05) is 74.6 Å². The molecule has 0 fully saturated rings. The van der Waals surface area contributed by atoms with Crippen LogP contribution in [0.25, 0.3) is 0 Å². The molecule has 66 heavy (non-hydrogen) atoms. The largest absolute Gasteiger partial charge is 0.778 e. The van der Waals surface area contributed by atoms with Gasteiger partial charge in [0.15, 0.2) is 4.84 Å². The lowest BCUT2D eigenvalue weighted by Crippen LogP contribution is -2.47. The summed E-state index contributed by atoms with van der Waals surface area (Å²) in [5.41, 5.74) is 9.09. The lowest BCUT2D eigenvalue weighted by molar-refractivity contribution is -0.383. The molecule has 5 N–H and O–H groups in total. The van der Waals surface area contributed by atoms with Crippen LogP contribution in [0, 0.1) is 17.0 Å². The number of nitrogens with two attached hydrogens (primary N) is 1. The maximum atomic E-state index is 12.0. The average molecular weight is 1040 g/mol. The number of fused-ring (bicyclic) bond motifs is 1. The molecule has 0 spiro atoms. The lowest BCUT2D eigenvalue weighted by Gasteiger charge is -2.35. The van der Waals surface area contributed by atoms with Crippen LogP contribution in [0.2, 0.25) is 5.02 Å². The number of nitrogens with zero attached hydrogens (tertiary/aromatic N) is 3. The standard InChI is InChI=1S/C14H20ClNO2.C12H9ClN2O3.C11H11Cl2NO2.C3H8NO5P.C3H9S/c1-4-12-8-6-7-11(3)14(12)16(10-18-5-2)13(17)9-15;13-11-10(18-8-4-2-1-3-5-8)7-6-9(12(11)14)15(16)17;1-7-6-16-9-5-3-2-4-8(9)14(7)11(15)10(12)13;5-3(6)1-4-2-10(7,8)9;1-4(2)3/h6-8H,4-5,9-10H2,1-3H3;1-7H,14H2;2-5,7,10H,6H2,1H3;4H,1-2H2,(H,5,6)(H2,7,8,9);1-3H3/q;;;;+1/p-1. The van der Waals surface area contributed by atoms with Crippen molar-refractivity contribution in [3.63, 3.8) is 0 Å². The van der Waals surface area contributed by atoms with Crippen LogP contribution in [0.4, 0.5) is 22.7 Å². The van der Waals surface area contributed by atoms with Crippen molar-refractivity contribution in [3.05, 3.63) is 111 Å². The van der Waals surface area contributed by atoms with Gasteiger partial charge in [0.05, 0.1) is 53.9 Å².